The van der Waals surface area contributed by atoms with Crippen molar-refractivity contribution >= 4 is 18.2 Å². The van der Waals surface area contributed by atoms with E-state index in [1.807, 2.05) is 0 Å². The van der Waals surface area contributed by atoms with Crippen LogP contribution in [0.3, 0.4) is 0 Å². The number of para-hydroxylation sites is 1. The SMILES string of the molecule is COc1c(OB(O)O)c(=O)n(C)c2ccccc12. The number of rotatable bonds is 3. The number of hydrogen-bond acceptors (Lipinski definition) is 5. The molecule has 1 aromatic carbocycles. The lowest BCUT2D eigenvalue weighted by Crippen LogP contribution is -2.28. The molecule has 0 atom stereocenters. The number of benzene rings is 1. The molecule has 1 aromatic heterocycles. The summed E-state index contributed by atoms with van der Waals surface area (Å²) < 4.78 is 11.2. The van der Waals surface area contributed by atoms with Crippen molar-refractivity contribution in [1.29, 1.82) is 0 Å². The lowest BCUT2D eigenvalue weighted by Gasteiger charge is -2.14. The van der Waals surface area contributed by atoms with Crippen LogP contribution >= 0.6 is 0 Å². The van der Waals surface area contributed by atoms with Crippen LogP contribution in [0, 0.1) is 0 Å². The van der Waals surface area contributed by atoms with Crippen LogP contribution in [0.2, 0.25) is 0 Å². The number of hydrogen-bond donors (Lipinski definition) is 2. The zero-order valence-corrected chi connectivity index (χ0v) is 9.95. The van der Waals surface area contributed by atoms with Gasteiger partial charge in [0.25, 0.3) is 5.56 Å². The predicted octanol–water partition coefficient (Wildman–Crippen LogP) is -0.105. The highest BCUT2D eigenvalue weighted by Gasteiger charge is 2.22. The highest BCUT2D eigenvalue weighted by Crippen LogP contribution is 2.31. The minimum absolute atomic E-state index is 0.182. The molecule has 18 heavy (non-hydrogen) atoms. The first-order chi connectivity index (χ1) is 8.56. The van der Waals surface area contributed by atoms with Gasteiger partial charge in [0.05, 0.1) is 12.6 Å². The Kier molecular flexibility index (Phi) is 3.27. The Morgan fingerprint density at radius 3 is 2.50 bits per heavy atom. The third kappa shape index (κ3) is 1.94. The van der Waals surface area contributed by atoms with Crippen LogP contribution in [0.15, 0.2) is 29.1 Å². The van der Waals surface area contributed by atoms with E-state index in [0.29, 0.717) is 10.9 Å². The lowest BCUT2D eigenvalue weighted by atomic mass is 10.1. The second-order valence-corrected chi connectivity index (χ2v) is 3.69. The Hall–Kier alpha value is -1.99. The summed E-state index contributed by atoms with van der Waals surface area (Å²) in [6, 6.07) is 7.10. The average Bonchev–Trinajstić information content (AvgIpc) is 2.36. The van der Waals surface area contributed by atoms with Crippen LogP contribution in [0.4, 0.5) is 0 Å². The van der Waals surface area contributed by atoms with Crippen molar-refractivity contribution in [3.8, 4) is 11.5 Å². The summed E-state index contributed by atoms with van der Waals surface area (Å²) in [5.74, 6) is -0.0458. The van der Waals surface area contributed by atoms with E-state index in [9.17, 15) is 4.79 Å². The third-order valence-electron chi connectivity index (χ3n) is 2.64. The van der Waals surface area contributed by atoms with Crippen LogP contribution < -0.4 is 15.0 Å². The number of pyridine rings is 1. The van der Waals surface area contributed by atoms with E-state index in [2.05, 4.69) is 0 Å². The summed E-state index contributed by atoms with van der Waals surface area (Å²) in [6.07, 6.45) is 0. The van der Waals surface area contributed by atoms with E-state index < -0.39 is 12.9 Å². The van der Waals surface area contributed by atoms with Crippen LogP contribution in [-0.2, 0) is 7.05 Å². The Morgan fingerprint density at radius 1 is 1.22 bits per heavy atom. The van der Waals surface area contributed by atoms with Crippen molar-refractivity contribution < 1.29 is 19.4 Å². The van der Waals surface area contributed by atoms with Gasteiger partial charge in [0.15, 0.2) is 5.75 Å². The van der Waals surface area contributed by atoms with Gasteiger partial charge in [-0.2, -0.15) is 0 Å². The van der Waals surface area contributed by atoms with Crippen molar-refractivity contribution in [3.63, 3.8) is 0 Å². The molecule has 0 aliphatic rings. The minimum atomic E-state index is -2.08. The van der Waals surface area contributed by atoms with Gasteiger partial charge >= 0.3 is 7.32 Å². The molecule has 0 spiro atoms. The summed E-state index contributed by atoms with van der Waals surface area (Å²) in [4.78, 5) is 12.0. The number of nitrogens with zero attached hydrogens (tertiary/aromatic N) is 1. The molecule has 0 fully saturated rings. The van der Waals surface area contributed by atoms with Gasteiger partial charge < -0.3 is 24.0 Å². The molecule has 0 aliphatic carbocycles. The molecule has 0 saturated heterocycles. The first-order valence-electron chi connectivity index (χ1n) is 5.24. The van der Waals surface area contributed by atoms with Gasteiger partial charge in [0.1, 0.15) is 0 Å². The van der Waals surface area contributed by atoms with Crippen molar-refractivity contribution in [2.24, 2.45) is 7.05 Å². The molecule has 6 nitrogen and oxygen atoms in total. The highest BCUT2D eigenvalue weighted by atomic mass is 16.6. The van der Waals surface area contributed by atoms with E-state index in [-0.39, 0.29) is 11.5 Å². The Labute approximate surface area is 103 Å². The van der Waals surface area contributed by atoms with Gasteiger partial charge in [0.2, 0.25) is 5.75 Å². The van der Waals surface area contributed by atoms with E-state index in [1.165, 1.54) is 11.7 Å². The van der Waals surface area contributed by atoms with Gasteiger partial charge in [0, 0.05) is 12.4 Å². The summed E-state index contributed by atoms with van der Waals surface area (Å²) in [5, 5.41) is 18.3. The maximum atomic E-state index is 12.0. The monoisotopic (exact) mass is 249 g/mol. The molecule has 2 N–H and O–H groups in total. The summed E-state index contributed by atoms with van der Waals surface area (Å²) >= 11 is 0. The molecule has 0 bridgehead atoms. The second-order valence-electron chi connectivity index (χ2n) is 3.69. The number of aromatic nitrogens is 1. The van der Waals surface area contributed by atoms with Gasteiger partial charge in [-0.15, -0.1) is 0 Å². The molecule has 0 aliphatic heterocycles. The summed E-state index contributed by atoms with van der Waals surface area (Å²) in [5.41, 5.74) is 0.165. The Morgan fingerprint density at radius 2 is 1.89 bits per heavy atom. The van der Waals surface area contributed by atoms with Crippen molar-refractivity contribution in [2.75, 3.05) is 7.11 Å². The first-order valence-corrected chi connectivity index (χ1v) is 5.24. The quantitative estimate of drug-likeness (QED) is 0.742. The van der Waals surface area contributed by atoms with E-state index in [0.717, 1.165) is 0 Å². The average molecular weight is 249 g/mol. The zero-order chi connectivity index (χ0) is 13.3. The first kappa shape index (κ1) is 12.5. The second kappa shape index (κ2) is 4.71. The molecule has 2 rings (SSSR count). The minimum Gasteiger partial charge on any atom is -0.505 e. The number of fused-ring (bicyclic) bond motifs is 1. The van der Waals surface area contributed by atoms with Crippen molar-refractivity contribution in [2.45, 2.75) is 0 Å². The molecule has 0 amide bonds. The fourth-order valence-electron chi connectivity index (χ4n) is 1.85. The molecule has 94 valence electrons. The molecular formula is C11H12BNO5. The number of aryl methyl sites for hydroxylation is 1. The highest BCUT2D eigenvalue weighted by molar-refractivity contribution is 6.33. The molecule has 1 heterocycles. The van der Waals surface area contributed by atoms with Gasteiger partial charge in [-0.3, -0.25) is 4.79 Å². The normalized spacial score (nSPS) is 10.4. The number of ether oxygens (including phenoxy) is 1. The topological polar surface area (TPSA) is 80.9 Å². The van der Waals surface area contributed by atoms with Crippen LogP contribution in [0.1, 0.15) is 0 Å². The standard InChI is InChI=1S/C11H12BNO5/c1-13-8-6-4-3-5-7(8)9(17-2)10(11(13)14)18-12(15)16/h3-6,15-16H,1-2H3. The van der Waals surface area contributed by atoms with Crippen molar-refractivity contribution in [3.05, 3.63) is 34.6 Å². The van der Waals surface area contributed by atoms with Crippen molar-refractivity contribution in [1.82, 2.24) is 4.57 Å². The smallest absolute Gasteiger partial charge is 0.505 e. The molecule has 2 aromatic rings. The fraction of sp³-hybridized carbons (Fsp3) is 0.182. The fourth-order valence-corrected chi connectivity index (χ4v) is 1.85. The van der Waals surface area contributed by atoms with Crippen LogP contribution in [-0.4, -0.2) is 29.0 Å². The predicted molar refractivity (Wildman–Crippen MR) is 66.6 cm³/mol. The maximum absolute atomic E-state index is 12.0. The van der Waals surface area contributed by atoms with Crippen LogP contribution in [0.25, 0.3) is 10.9 Å². The Balaban J connectivity index is 2.85. The summed E-state index contributed by atoms with van der Waals surface area (Å²) in [6.45, 7) is 0. The summed E-state index contributed by atoms with van der Waals surface area (Å²) in [7, 11) is 0.881. The molecule has 0 saturated carbocycles. The van der Waals surface area contributed by atoms with Crippen LogP contribution in [0.5, 0.6) is 11.5 Å². The van der Waals surface area contributed by atoms with Gasteiger partial charge in [-0.25, -0.2) is 0 Å². The Bertz CT molecular complexity index is 637. The van der Waals surface area contributed by atoms with E-state index in [1.54, 1.807) is 31.3 Å². The third-order valence-corrected chi connectivity index (χ3v) is 2.64. The molecular weight excluding hydrogens is 237 g/mol. The number of methoxy groups -OCH3 is 1. The maximum Gasteiger partial charge on any atom is 0.707 e. The molecule has 0 radical (unpaired) electrons. The lowest BCUT2D eigenvalue weighted by molar-refractivity contribution is 0.277. The van der Waals surface area contributed by atoms with E-state index in [4.69, 9.17) is 19.4 Å². The largest absolute Gasteiger partial charge is 0.707 e. The van der Waals surface area contributed by atoms with Gasteiger partial charge in [-0.05, 0) is 12.1 Å². The van der Waals surface area contributed by atoms with Gasteiger partial charge in [-0.1, -0.05) is 12.1 Å². The van der Waals surface area contributed by atoms with E-state index >= 15 is 0 Å². The molecule has 0 unspecified atom stereocenters. The molecule has 7 heteroatoms. The zero-order valence-electron chi connectivity index (χ0n) is 9.95.